The molecule has 0 aliphatic carbocycles. The van der Waals surface area contributed by atoms with Crippen molar-refractivity contribution in [1.82, 2.24) is 4.31 Å². The van der Waals surface area contributed by atoms with E-state index in [1.807, 2.05) is 13.8 Å². The molecular weight excluding hydrogens is 242 g/mol. The van der Waals surface area contributed by atoms with Crippen LogP contribution in [0.2, 0.25) is 0 Å². The second-order valence-corrected chi connectivity index (χ2v) is 6.35. The summed E-state index contributed by atoms with van der Waals surface area (Å²) < 4.78 is 30.3. The molecule has 7 heteroatoms. The third-order valence-corrected chi connectivity index (χ3v) is 4.35. The molecule has 0 amide bonds. The van der Waals surface area contributed by atoms with Crippen LogP contribution in [-0.4, -0.2) is 51.1 Å². The number of ether oxygens (including phenoxy) is 1. The number of nitrogens with zero attached hydrogens (tertiary/aromatic N) is 1. The zero-order chi connectivity index (χ0) is 13.5. The van der Waals surface area contributed by atoms with E-state index in [-0.39, 0.29) is 30.5 Å². The molecule has 0 fully saturated rings. The van der Waals surface area contributed by atoms with Gasteiger partial charge in [-0.1, -0.05) is 13.8 Å². The fourth-order valence-corrected chi connectivity index (χ4v) is 3.13. The fourth-order valence-electron chi connectivity index (χ4n) is 1.35. The Morgan fingerprint density at radius 1 is 1.41 bits per heavy atom. The van der Waals surface area contributed by atoms with Gasteiger partial charge in [-0.3, -0.25) is 5.41 Å². The summed E-state index contributed by atoms with van der Waals surface area (Å²) in [7, 11) is -1.76. The van der Waals surface area contributed by atoms with Crippen molar-refractivity contribution < 1.29 is 13.2 Å². The summed E-state index contributed by atoms with van der Waals surface area (Å²) in [4.78, 5) is 0. The van der Waals surface area contributed by atoms with Gasteiger partial charge in [0.25, 0.3) is 0 Å². The van der Waals surface area contributed by atoms with E-state index >= 15 is 0 Å². The molecule has 0 rings (SSSR count). The number of sulfonamides is 1. The van der Waals surface area contributed by atoms with E-state index in [1.54, 1.807) is 0 Å². The number of nitrogens with one attached hydrogen (secondary N) is 1. The molecule has 0 aromatic carbocycles. The van der Waals surface area contributed by atoms with Crippen molar-refractivity contribution in [2.75, 3.05) is 32.6 Å². The van der Waals surface area contributed by atoms with Crippen LogP contribution in [0.3, 0.4) is 0 Å². The van der Waals surface area contributed by atoms with E-state index < -0.39 is 10.0 Å². The van der Waals surface area contributed by atoms with Crippen LogP contribution >= 0.6 is 0 Å². The normalized spacial score (nSPS) is 12.3. The Balaban J connectivity index is 4.59. The van der Waals surface area contributed by atoms with E-state index in [0.29, 0.717) is 13.2 Å². The minimum absolute atomic E-state index is 0.00726. The van der Waals surface area contributed by atoms with Gasteiger partial charge in [0.1, 0.15) is 0 Å². The predicted octanol–water partition coefficient (Wildman–Crippen LogP) is 0.247. The van der Waals surface area contributed by atoms with Crippen LogP contribution < -0.4 is 5.73 Å². The van der Waals surface area contributed by atoms with Gasteiger partial charge >= 0.3 is 0 Å². The third-order valence-electron chi connectivity index (χ3n) is 2.11. The molecule has 102 valence electrons. The molecule has 17 heavy (non-hydrogen) atoms. The van der Waals surface area contributed by atoms with Crippen LogP contribution in [0.15, 0.2) is 0 Å². The van der Waals surface area contributed by atoms with Crippen LogP contribution in [-0.2, 0) is 14.8 Å². The van der Waals surface area contributed by atoms with E-state index in [0.717, 1.165) is 0 Å². The topological polar surface area (TPSA) is 96.5 Å². The predicted molar refractivity (Wildman–Crippen MR) is 68.6 cm³/mol. The molecule has 0 heterocycles. The Morgan fingerprint density at radius 2 is 2.00 bits per heavy atom. The van der Waals surface area contributed by atoms with Gasteiger partial charge in [-0.15, -0.1) is 0 Å². The highest BCUT2D eigenvalue weighted by atomic mass is 32.2. The van der Waals surface area contributed by atoms with Crippen molar-refractivity contribution in [3.05, 3.63) is 0 Å². The molecule has 0 unspecified atom stereocenters. The van der Waals surface area contributed by atoms with Gasteiger partial charge in [-0.25, -0.2) is 8.42 Å². The van der Waals surface area contributed by atoms with Crippen LogP contribution in [0.1, 0.15) is 20.3 Å². The van der Waals surface area contributed by atoms with Gasteiger partial charge in [0.05, 0.1) is 18.2 Å². The van der Waals surface area contributed by atoms with Crippen LogP contribution in [0, 0.1) is 11.3 Å². The summed E-state index contributed by atoms with van der Waals surface area (Å²) in [6.45, 7) is 4.61. The van der Waals surface area contributed by atoms with E-state index in [2.05, 4.69) is 0 Å². The second kappa shape index (κ2) is 7.62. The van der Waals surface area contributed by atoms with Crippen molar-refractivity contribution >= 4 is 15.9 Å². The maximum absolute atomic E-state index is 12.0. The van der Waals surface area contributed by atoms with E-state index in [9.17, 15) is 8.42 Å². The molecular formula is C10H23N3O3S. The highest BCUT2D eigenvalue weighted by molar-refractivity contribution is 7.89. The number of amidine groups is 1. The van der Waals surface area contributed by atoms with Gasteiger partial charge in [-0.05, 0) is 5.92 Å². The number of nitrogens with two attached hydrogens (primary N) is 1. The largest absolute Gasteiger partial charge is 0.388 e. The second-order valence-electron chi connectivity index (χ2n) is 4.34. The summed E-state index contributed by atoms with van der Waals surface area (Å²) in [5.41, 5.74) is 5.24. The van der Waals surface area contributed by atoms with E-state index in [1.165, 1.54) is 11.4 Å². The molecule has 0 aromatic heterocycles. The average molecular weight is 265 g/mol. The maximum atomic E-state index is 12.0. The molecule has 3 N–H and O–H groups in total. The van der Waals surface area contributed by atoms with Crippen LogP contribution in [0.4, 0.5) is 0 Å². The van der Waals surface area contributed by atoms with Gasteiger partial charge in [0.15, 0.2) is 0 Å². The third kappa shape index (κ3) is 7.30. The van der Waals surface area contributed by atoms with Crippen molar-refractivity contribution in [2.24, 2.45) is 11.7 Å². The average Bonchev–Trinajstić information content (AvgIpc) is 2.14. The number of hydrogen-bond acceptors (Lipinski definition) is 4. The minimum atomic E-state index is -3.29. The Labute approximate surface area is 104 Å². The molecule has 0 radical (unpaired) electrons. The summed E-state index contributed by atoms with van der Waals surface area (Å²) >= 11 is 0. The molecule has 6 nitrogen and oxygen atoms in total. The van der Waals surface area contributed by atoms with Gasteiger partial charge in [-0.2, -0.15) is 4.31 Å². The lowest BCUT2D eigenvalue weighted by molar-refractivity contribution is 0.179. The lowest BCUT2D eigenvalue weighted by Crippen LogP contribution is -2.38. The number of methoxy groups -OCH3 is 1. The lowest BCUT2D eigenvalue weighted by atomic mass is 10.3. The van der Waals surface area contributed by atoms with Gasteiger partial charge < -0.3 is 10.5 Å². The first kappa shape index (κ1) is 16.3. The van der Waals surface area contributed by atoms with Crippen LogP contribution in [0.5, 0.6) is 0 Å². The molecule has 0 aromatic rings. The number of rotatable bonds is 9. The molecule has 0 atom stereocenters. The lowest BCUT2D eigenvalue weighted by Gasteiger charge is -2.22. The first-order valence-electron chi connectivity index (χ1n) is 5.59. The first-order chi connectivity index (χ1) is 7.79. The highest BCUT2D eigenvalue weighted by Gasteiger charge is 2.22. The fraction of sp³-hybridized carbons (Fsp3) is 0.900. The zero-order valence-corrected chi connectivity index (χ0v) is 11.6. The van der Waals surface area contributed by atoms with Crippen molar-refractivity contribution in [3.63, 3.8) is 0 Å². The monoisotopic (exact) mass is 265 g/mol. The highest BCUT2D eigenvalue weighted by Crippen LogP contribution is 2.08. The molecule has 0 aliphatic heterocycles. The summed E-state index contributed by atoms with van der Waals surface area (Å²) in [6, 6.07) is 0. The summed E-state index contributed by atoms with van der Waals surface area (Å²) in [5, 5.41) is 7.14. The van der Waals surface area contributed by atoms with Crippen molar-refractivity contribution in [2.45, 2.75) is 20.3 Å². The zero-order valence-electron chi connectivity index (χ0n) is 10.8. The molecule has 0 bridgehead atoms. The number of hydrogen-bond donors (Lipinski definition) is 2. The summed E-state index contributed by atoms with van der Waals surface area (Å²) in [5.74, 6) is 0.170. The molecule has 0 saturated heterocycles. The van der Waals surface area contributed by atoms with Gasteiger partial charge in [0, 0.05) is 26.6 Å². The quantitative estimate of drug-likeness (QED) is 0.461. The Bertz CT molecular complexity index is 328. The minimum Gasteiger partial charge on any atom is -0.388 e. The standard InChI is InChI=1S/C10H23N3O3S/c1-9(2)8-17(14,15)13(6-7-16-3)5-4-10(11)12/h9H,4-8H2,1-3H3,(H3,11,12). The molecule has 0 spiro atoms. The van der Waals surface area contributed by atoms with Crippen molar-refractivity contribution in [1.29, 1.82) is 5.41 Å². The Kier molecular flexibility index (Phi) is 7.33. The summed E-state index contributed by atoms with van der Waals surface area (Å²) in [6.07, 6.45) is 0.251. The molecule has 0 saturated carbocycles. The SMILES string of the molecule is COCCN(CCC(=N)N)S(=O)(=O)CC(C)C. The van der Waals surface area contributed by atoms with E-state index in [4.69, 9.17) is 15.9 Å². The van der Waals surface area contributed by atoms with Gasteiger partial charge in [0.2, 0.25) is 10.0 Å². The Morgan fingerprint density at radius 3 is 2.41 bits per heavy atom. The first-order valence-corrected chi connectivity index (χ1v) is 7.20. The molecule has 0 aliphatic rings. The smallest absolute Gasteiger partial charge is 0.214 e. The van der Waals surface area contributed by atoms with Crippen LogP contribution in [0.25, 0.3) is 0 Å². The van der Waals surface area contributed by atoms with Crippen molar-refractivity contribution in [3.8, 4) is 0 Å². The maximum Gasteiger partial charge on any atom is 0.214 e. The Hall–Kier alpha value is -0.660.